The summed E-state index contributed by atoms with van der Waals surface area (Å²) in [4.78, 5) is 11.9. The fourth-order valence-corrected chi connectivity index (χ4v) is 2.27. The number of rotatable bonds is 10. The Morgan fingerprint density at radius 1 is 1.14 bits per heavy atom. The largest absolute Gasteiger partial charge is 0.493 e. The van der Waals surface area contributed by atoms with Gasteiger partial charge in [-0.3, -0.25) is 4.79 Å². The molecule has 0 fully saturated rings. The zero-order chi connectivity index (χ0) is 16.4. The highest BCUT2D eigenvalue weighted by Crippen LogP contribution is 2.28. The third-order valence-corrected chi connectivity index (χ3v) is 3.60. The standard InChI is InChI=1S/C18H29NO3/c1-14(2)8-6-4-5-7-9-18(20)22-16-11-10-15(13-19)12-17(16)21-3/h10-12,14H,4-9,13,19H2,1-3H3. The Morgan fingerprint density at radius 3 is 2.50 bits per heavy atom. The number of unbranched alkanes of at least 4 members (excludes halogenated alkanes) is 3. The summed E-state index contributed by atoms with van der Waals surface area (Å²) >= 11 is 0. The lowest BCUT2D eigenvalue weighted by atomic mass is 10.0. The summed E-state index contributed by atoms with van der Waals surface area (Å²) in [6, 6.07) is 5.38. The molecule has 22 heavy (non-hydrogen) atoms. The van der Waals surface area contributed by atoms with Gasteiger partial charge in [-0.2, -0.15) is 0 Å². The number of hydrogen-bond donors (Lipinski definition) is 1. The molecule has 0 bridgehead atoms. The summed E-state index contributed by atoms with van der Waals surface area (Å²) in [5.74, 6) is 1.56. The molecule has 0 aliphatic heterocycles. The molecule has 0 amide bonds. The summed E-state index contributed by atoms with van der Waals surface area (Å²) in [7, 11) is 1.56. The van der Waals surface area contributed by atoms with Crippen molar-refractivity contribution in [3.8, 4) is 11.5 Å². The molecule has 0 aromatic heterocycles. The van der Waals surface area contributed by atoms with E-state index in [1.54, 1.807) is 19.2 Å². The molecule has 1 aromatic rings. The lowest BCUT2D eigenvalue weighted by molar-refractivity contribution is -0.134. The zero-order valence-electron chi connectivity index (χ0n) is 14.1. The molecular formula is C18H29NO3. The molecule has 0 radical (unpaired) electrons. The van der Waals surface area contributed by atoms with E-state index in [0.29, 0.717) is 24.5 Å². The summed E-state index contributed by atoms with van der Waals surface area (Å²) in [5.41, 5.74) is 6.53. The first-order chi connectivity index (χ1) is 10.6. The topological polar surface area (TPSA) is 61.6 Å². The Kier molecular flexibility index (Phi) is 8.60. The molecule has 0 spiro atoms. The maximum absolute atomic E-state index is 11.9. The van der Waals surface area contributed by atoms with E-state index in [-0.39, 0.29) is 5.97 Å². The summed E-state index contributed by atoms with van der Waals surface area (Å²) in [6.07, 6.45) is 6.07. The fourth-order valence-electron chi connectivity index (χ4n) is 2.27. The molecule has 124 valence electrons. The van der Waals surface area contributed by atoms with E-state index >= 15 is 0 Å². The van der Waals surface area contributed by atoms with Crippen molar-refractivity contribution in [1.29, 1.82) is 0 Å². The first-order valence-corrected chi connectivity index (χ1v) is 8.14. The number of benzene rings is 1. The van der Waals surface area contributed by atoms with Gasteiger partial charge in [-0.05, 0) is 30.0 Å². The van der Waals surface area contributed by atoms with Crippen LogP contribution in [0, 0.1) is 5.92 Å². The molecule has 1 rings (SSSR count). The molecule has 0 saturated carbocycles. The van der Waals surface area contributed by atoms with Crippen LogP contribution in [0.2, 0.25) is 0 Å². The van der Waals surface area contributed by atoms with Crippen molar-refractivity contribution in [3.63, 3.8) is 0 Å². The van der Waals surface area contributed by atoms with Gasteiger partial charge in [0.25, 0.3) is 0 Å². The van der Waals surface area contributed by atoms with Crippen LogP contribution in [0.3, 0.4) is 0 Å². The smallest absolute Gasteiger partial charge is 0.311 e. The maximum atomic E-state index is 11.9. The quantitative estimate of drug-likeness (QED) is 0.402. The minimum atomic E-state index is -0.206. The average molecular weight is 307 g/mol. The molecule has 2 N–H and O–H groups in total. The van der Waals surface area contributed by atoms with Crippen molar-refractivity contribution in [2.24, 2.45) is 11.7 Å². The SMILES string of the molecule is COc1cc(CN)ccc1OC(=O)CCCCCCC(C)C. The Balaban J connectivity index is 2.33. The van der Waals surface area contributed by atoms with Crippen molar-refractivity contribution in [1.82, 2.24) is 0 Å². The molecule has 0 atom stereocenters. The number of esters is 1. The van der Waals surface area contributed by atoms with Crippen molar-refractivity contribution in [2.75, 3.05) is 7.11 Å². The number of nitrogens with two attached hydrogens (primary N) is 1. The van der Waals surface area contributed by atoms with Gasteiger partial charge in [-0.15, -0.1) is 0 Å². The van der Waals surface area contributed by atoms with Crippen LogP contribution in [0.15, 0.2) is 18.2 Å². The van der Waals surface area contributed by atoms with Gasteiger partial charge in [0, 0.05) is 13.0 Å². The van der Waals surface area contributed by atoms with Gasteiger partial charge in [0.05, 0.1) is 7.11 Å². The van der Waals surface area contributed by atoms with Gasteiger partial charge in [0.15, 0.2) is 11.5 Å². The van der Waals surface area contributed by atoms with Gasteiger partial charge in [-0.25, -0.2) is 0 Å². The van der Waals surface area contributed by atoms with Crippen LogP contribution >= 0.6 is 0 Å². The third kappa shape index (κ3) is 6.94. The van der Waals surface area contributed by atoms with E-state index in [1.165, 1.54) is 19.3 Å². The molecule has 0 aliphatic carbocycles. The predicted octanol–water partition coefficient (Wildman–Crippen LogP) is 4.06. The van der Waals surface area contributed by atoms with Crippen LogP contribution in [0.1, 0.15) is 57.9 Å². The van der Waals surface area contributed by atoms with Crippen LogP contribution in [0.25, 0.3) is 0 Å². The second-order valence-corrected chi connectivity index (χ2v) is 6.01. The molecule has 0 aliphatic rings. The molecule has 4 heteroatoms. The fraction of sp³-hybridized carbons (Fsp3) is 0.611. The Hall–Kier alpha value is -1.55. The second kappa shape index (κ2) is 10.2. The molecule has 0 saturated heterocycles. The number of carbonyl (C=O) groups excluding carboxylic acids is 1. The molecule has 4 nitrogen and oxygen atoms in total. The highest BCUT2D eigenvalue weighted by molar-refractivity contribution is 5.73. The third-order valence-electron chi connectivity index (χ3n) is 3.60. The van der Waals surface area contributed by atoms with Crippen LogP contribution in [-0.4, -0.2) is 13.1 Å². The zero-order valence-corrected chi connectivity index (χ0v) is 14.1. The van der Waals surface area contributed by atoms with Gasteiger partial charge < -0.3 is 15.2 Å². The van der Waals surface area contributed by atoms with Gasteiger partial charge in [0.2, 0.25) is 0 Å². The molecule has 0 unspecified atom stereocenters. The van der Waals surface area contributed by atoms with Crippen LogP contribution < -0.4 is 15.2 Å². The van der Waals surface area contributed by atoms with Crippen molar-refractivity contribution < 1.29 is 14.3 Å². The summed E-state index contributed by atoms with van der Waals surface area (Å²) in [6.45, 7) is 4.91. The molecule has 0 heterocycles. The minimum absolute atomic E-state index is 0.206. The first kappa shape index (κ1) is 18.5. The summed E-state index contributed by atoms with van der Waals surface area (Å²) in [5, 5.41) is 0. The van der Waals surface area contributed by atoms with E-state index < -0.39 is 0 Å². The highest BCUT2D eigenvalue weighted by atomic mass is 16.6. The highest BCUT2D eigenvalue weighted by Gasteiger charge is 2.10. The normalized spacial score (nSPS) is 10.8. The Morgan fingerprint density at radius 2 is 1.86 bits per heavy atom. The summed E-state index contributed by atoms with van der Waals surface area (Å²) < 4.78 is 10.6. The van der Waals surface area contributed by atoms with E-state index in [1.807, 2.05) is 6.07 Å². The van der Waals surface area contributed by atoms with E-state index in [2.05, 4.69) is 13.8 Å². The Bertz CT molecular complexity index is 458. The second-order valence-electron chi connectivity index (χ2n) is 6.01. The predicted molar refractivity (Wildman–Crippen MR) is 89.1 cm³/mol. The van der Waals surface area contributed by atoms with Gasteiger partial charge >= 0.3 is 5.97 Å². The average Bonchev–Trinajstić information content (AvgIpc) is 2.50. The Labute approximate surface area is 134 Å². The maximum Gasteiger partial charge on any atom is 0.311 e. The van der Waals surface area contributed by atoms with Crippen LogP contribution in [0.5, 0.6) is 11.5 Å². The number of carbonyl (C=O) groups is 1. The molecule has 1 aromatic carbocycles. The van der Waals surface area contributed by atoms with Gasteiger partial charge in [-0.1, -0.05) is 45.6 Å². The van der Waals surface area contributed by atoms with Crippen molar-refractivity contribution in [3.05, 3.63) is 23.8 Å². The van der Waals surface area contributed by atoms with E-state index in [0.717, 1.165) is 24.3 Å². The molecular weight excluding hydrogens is 278 g/mol. The lowest BCUT2D eigenvalue weighted by Crippen LogP contribution is -2.09. The number of ether oxygens (including phenoxy) is 2. The monoisotopic (exact) mass is 307 g/mol. The van der Waals surface area contributed by atoms with Crippen LogP contribution in [0.4, 0.5) is 0 Å². The van der Waals surface area contributed by atoms with Gasteiger partial charge in [0.1, 0.15) is 0 Å². The van der Waals surface area contributed by atoms with Crippen LogP contribution in [-0.2, 0) is 11.3 Å². The minimum Gasteiger partial charge on any atom is -0.493 e. The number of methoxy groups -OCH3 is 1. The van der Waals surface area contributed by atoms with E-state index in [4.69, 9.17) is 15.2 Å². The lowest BCUT2D eigenvalue weighted by Gasteiger charge is -2.10. The number of hydrogen-bond acceptors (Lipinski definition) is 4. The van der Waals surface area contributed by atoms with Crippen molar-refractivity contribution >= 4 is 5.97 Å². The van der Waals surface area contributed by atoms with Crippen molar-refractivity contribution in [2.45, 2.75) is 58.9 Å². The first-order valence-electron chi connectivity index (χ1n) is 8.14. The van der Waals surface area contributed by atoms with E-state index in [9.17, 15) is 4.79 Å².